The van der Waals surface area contributed by atoms with Gasteiger partial charge in [-0.2, -0.15) is 5.10 Å². The maximum Gasteiger partial charge on any atom is 0.355 e. The van der Waals surface area contributed by atoms with E-state index in [0.717, 1.165) is 10.9 Å². The van der Waals surface area contributed by atoms with Gasteiger partial charge >= 0.3 is 5.97 Å². The number of aromatic amines is 1. The fourth-order valence-electron chi connectivity index (χ4n) is 1.98. The van der Waals surface area contributed by atoms with Gasteiger partial charge in [0.05, 0.1) is 19.9 Å². The molecule has 2 aromatic rings. The Morgan fingerprint density at radius 3 is 2.95 bits per heavy atom. The zero-order chi connectivity index (χ0) is 16.1. The summed E-state index contributed by atoms with van der Waals surface area (Å²) in [7, 11) is 1.57. The van der Waals surface area contributed by atoms with Crippen molar-refractivity contribution >= 4 is 40.4 Å². The van der Waals surface area contributed by atoms with Gasteiger partial charge < -0.3 is 20.2 Å². The summed E-state index contributed by atoms with van der Waals surface area (Å²) < 4.78 is 10.3. The number of hydrazone groups is 1. The first-order valence-corrected chi connectivity index (χ1v) is 6.93. The molecule has 0 amide bonds. The van der Waals surface area contributed by atoms with E-state index in [1.807, 2.05) is 6.07 Å². The van der Waals surface area contributed by atoms with Crippen LogP contribution in [0.2, 0.25) is 0 Å². The highest BCUT2D eigenvalue weighted by atomic mass is 32.1. The molecule has 8 heteroatoms. The third-order valence-electron chi connectivity index (χ3n) is 2.89. The molecule has 116 valence electrons. The molecule has 0 atom stereocenters. The highest BCUT2D eigenvalue weighted by molar-refractivity contribution is 7.80. The van der Waals surface area contributed by atoms with E-state index in [1.54, 1.807) is 26.2 Å². The summed E-state index contributed by atoms with van der Waals surface area (Å²) in [6, 6.07) is 5.41. The fraction of sp³-hybridized carbons (Fsp3) is 0.214. The summed E-state index contributed by atoms with van der Waals surface area (Å²) in [5.41, 5.74) is 9.41. The number of rotatable bonds is 5. The predicted octanol–water partition coefficient (Wildman–Crippen LogP) is 1.52. The van der Waals surface area contributed by atoms with E-state index in [2.05, 4.69) is 27.7 Å². The second-order valence-electron chi connectivity index (χ2n) is 4.28. The molecule has 0 aliphatic carbocycles. The first-order valence-electron chi connectivity index (χ1n) is 6.52. The van der Waals surface area contributed by atoms with Gasteiger partial charge in [-0.3, -0.25) is 5.43 Å². The number of hydrogen-bond donors (Lipinski definition) is 3. The fourth-order valence-corrected chi connectivity index (χ4v) is 2.03. The Labute approximate surface area is 132 Å². The molecule has 0 saturated heterocycles. The number of fused-ring (bicyclic) bond motifs is 1. The van der Waals surface area contributed by atoms with Crippen LogP contribution in [0, 0.1) is 0 Å². The van der Waals surface area contributed by atoms with Crippen LogP contribution < -0.4 is 15.9 Å². The molecule has 0 aliphatic heterocycles. The van der Waals surface area contributed by atoms with Crippen molar-refractivity contribution in [3.8, 4) is 5.75 Å². The van der Waals surface area contributed by atoms with Crippen molar-refractivity contribution in [3.63, 3.8) is 0 Å². The summed E-state index contributed by atoms with van der Waals surface area (Å²) in [4.78, 5) is 15.1. The number of aromatic nitrogens is 1. The van der Waals surface area contributed by atoms with Crippen molar-refractivity contribution < 1.29 is 14.3 Å². The van der Waals surface area contributed by atoms with Gasteiger partial charge in [0, 0.05) is 16.5 Å². The average molecular weight is 320 g/mol. The smallest absolute Gasteiger partial charge is 0.355 e. The lowest BCUT2D eigenvalue weighted by Gasteiger charge is -2.01. The largest absolute Gasteiger partial charge is 0.497 e. The van der Waals surface area contributed by atoms with Gasteiger partial charge in [0.25, 0.3) is 0 Å². The molecule has 1 heterocycles. The quantitative estimate of drug-likeness (QED) is 0.334. The van der Waals surface area contributed by atoms with Crippen molar-refractivity contribution in [2.75, 3.05) is 13.7 Å². The number of esters is 1. The van der Waals surface area contributed by atoms with Gasteiger partial charge in [0.2, 0.25) is 0 Å². The predicted molar refractivity (Wildman–Crippen MR) is 88.3 cm³/mol. The van der Waals surface area contributed by atoms with Crippen LogP contribution >= 0.6 is 12.2 Å². The standard InChI is InChI=1S/C14H16N4O3S/c1-3-21-13(19)12-10(7-16-18-14(15)22)9-6-8(20-2)4-5-11(9)17-12/h4-7,17H,3H2,1-2H3,(H3,15,18,22)/b16-7-. The monoisotopic (exact) mass is 320 g/mol. The third kappa shape index (κ3) is 3.34. The minimum atomic E-state index is -0.463. The van der Waals surface area contributed by atoms with Crippen molar-refractivity contribution in [1.82, 2.24) is 10.4 Å². The number of methoxy groups -OCH3 is 1. The first kappa shape index (κ1) is 15.8. The van der Waals surface area contributed by atoms with E-state index in [1.165, 1.54) is 6.21 Å². The zero-order valence-electron chi connectivity index (χ0n) is 12.2. The number of nitrogens with two attached hydrogens (primary N) is 1. The van der Waals surface area contributed by atoms with Gasteiger partial charge in [-0.15, -0.1) is 0 Å². The van der Waals surface area contributed by atoms with Crippen molar-refractivity contribution in [2.24, 2.45) is 10.8 Å². The van der Waals surface area contributed by atoms with Crippen LogP contribution in [0.3, 0.4) is 0 Å². The number of ether oxygens (including phenoxy) is 2. The minimum absolute atomic E-state index is 0.0337. The van der Waals surface area contributed by atoms with Crippen molar-refractivity contribution in [1.29, 1.82) is 0 Å². The van der Waals surface area contributed by atoms with Crippen LogP contribution in [0.5, 0.6) is 5.75 Å². The lowest BCUT2D eigenvalue weighted by Crippen LogP contribution is -2.24. The van der Waals surface area contributed by atoms with Gasteiger partial charge in [-0.05, 0) is 37.3 Å². The molecule has 0 spiro atoms. The van der Waals surface area contributed by atoms with Gasteiger partial charge in [-0.1, -0.05) is 0 Å². The summed E-state index contributed by atoms with van der Waals surface area (Å²) in [5.74, 6) is 0.202. The highest BCUT2D eigenvalue weighted by Gasteiger charge is 2.18. The van der Waals surface area contributed by atoms with Crippen LogP contribution in [-0.4, -0.2) is 36.0 Å². The average Bonchev–Trinajstić information content (AvgIpc) is 2.85. The second kappa shape index (κ2) is 6.90. The lowest BCUT2D eigenvalue weighted by atomic mass is 10.1. The molecular weight excluding hydrogens is 304 g/mol. The molecule has 22 heavy (non-hydrogen) atoms. The molecule has 0 saturated carbocycles. The summed E-state index contributed by atoms with van der Waals surface area (Å²) in [6.07, 6.45) is 1.46. The topological polar surface area (TPSA) is 102 Å². The number of carbonyl (C=O) groups is 1. The number of nitrogens with one attached hydrogen (secondary N) is 2. The number of benzene rings is 1. The highest BCUT2D eigenvalue weighted by Crippen LogP contribution is 2.26. The SMILES string of the molecule is CCOC(=O)c1[nH]c2ccc(OC)cc2c1/C=N\NC(N)=S. The summed E-state index contributed by atoms with van der Waals surface area (Å²) >= 11 is 4.69. The van der Waals surface area contributed by atoms with Crippen LogP contribution in [0.4, 0.5) is 0 Å². The van der Waals surface area contributed by atoms with Gasteiger partial charge in [0.15, 0.2) is 5.11 Å². The number of H-pyrrole nitrogens is 1. The normalized spacial score (nSPS) is 10.8. The Morgan fingerprint density at radius 2 is 2.32 bits per heavy atom. The van der Waals surface area contributed by atoms with E-state index in [0.29, 0.717) is 17.0 Å². The van der Waals surface area contributed by atoms with Crippen molar-refractivity contribution in [2.45, 2.75) is 6.92 Å². The molecule has 1 aromatic heterocycles. The Kier molecular flexibility index (Phi) is 4.95. The Bertz CT molecular complexity index is 739. The van der Waals surface area contributed by atoms with Crippen LogP contribution in [0.25, 0.3) is 10.9 Å². The Hall–Kier alpha value is -2.61. The number of hydrogen-bond acceptors (Lipinski definition) is 5. The van der Waals surface area contributed by atoms with Crippen LogP contribution in [0.15, 0.2) is 23.3 Å². The van der Waals surface area contributed by atoms with Crippen molar-refractivity contribution in [3.05, 3.63) is 29.5 Å². The maximum absolute atomic E-state index is 12.1. The summed E-state index contributed by atoms with van der Waals surface area (Å²) in [5, 5.41) is 4.72. The lowest BCUT2D eigenvalue weighted by molar-refractivity contribution is 0.0520. The maximum atomic E-state index is 12.1. The molecule has 0 bridgehead atoms. The Morgan fingerprint density at radius 1 is 1.55 bits per heavy atom. The number of thiocarbonyl (C=S) groups is 1. The van der Waals surface area contributed by atoms with E-state index >= 15 is 0 Å². The van der Waals surface area contributed by atoms with E-state index < -0.39 is 5.97 Å². The first-order chi connectivity index (χ1) is 10.6. The third-order valence-corrected chi connectivity index (χ3v) is 2.99. The van der Waals surface area contributed by atoms with Gasteiger partial charge in [0.1, 0.15) is 11.4 Å². The molecule has 7 nitrogen and oxygen atoms in total. The molecule has 1 aromatic carbocycles. The summed E-state index contributed by atoms with van der Waals surface area (Å²) in [6.45, 7) is 2.02. The molecule has 0 aliphatic rings. The van der Waals surface area contributed by atoms with Crippen LogP contribution in [-0.2, 0) is 4.74 Å². The zero-order valence-corrected chi connectivity index (χ0v) is 13.0. The molecular formula is C14H16N4O3S. The number of nitrogens with zero attached hydrogens (tertiary/aromatic N) is 1. The second-order valence-corrected chi connectivity index (χ2v) is 4.72. The van der Waals surface area contributed by atoms with E-state index in [-0.39, 0.29) is 11.7 Å². The number of carbonyl (C=O) groups excluding carboxylic acids is 1. The Balaban J connectivity index is 2.54. The molecule has 2 rings (SSSR count). The molecule has 0 unspecified atom stereocenters. The van der Waals surface area contributed by atoms with E-state index in [4.69, 9.17) is 15.2 Å². The van der Waals surface area contributed by atoms with Gasteiger partial charge in [-0.25, -0.2) is 4.79 Å². The molecule has 0 radical (unpaired) electrons. The molecule has 0 fully saturated rings. The molecule has 4 N–H and O–H groups in total. The minimum Gasteiger partial charge on any atom is -0.497 e. The van der Waals surface area contributed by atoms with E-state index in [9.17, 15) is 4.79 Å². The van der Waals surface area contributed by atoms with Crippen LogP contribution in [0.1, 0.15) is 23.0 Å².